The van der Waals surface area contributed by atoms with Crippen LogP contribution in [0.2, 0.25) is 0 Å². The Morgan fingerprint density at radius 3 is 2.11 bits per heavy atom. The van der Waals surface area contributed by atoms with Gasteiger partial charge in [-0.1, -0.05) is 24.3 Å². The highest BCUT2D eigenvalue weighted by Gasteiger charge is 2.10. The first-order chi connectivity index (χ1) is 13.5. The van der Waals surface area contributed by atoms with Crippen molar-refractivity contribution in [1.82, 2.24) is 5.32 Å². The maximum Gasteiger partial charge on any atom is 0.257 e. The summed E-state index contributed by atoms with van der Waals surface area (Å²) in [6.07, 6.45) is 0. The fourth-order valence-electron chi connectivity index (χ4n) is 2.40. The fraction of sp³-hybridized carbons (Fsp3) is 0. The summed E-state index contributed by atoms with van der Waals surface area (Å²) in [6.45, 7) is 0. The average Bonchev–Trinajstić information content (AvgIpc) is 2.69. The predicted molar refractivity (Wildman–Crippen MR) is 111 cm³/mol. The molecule has 3 rings (SSSR count). The van der Waals surface area contributed by atoms with Gasteiger partial charge >= 0.3 is 0 Å². The number of amides is 2. The summed E-state index contributed by atoms with van der Waals surface area (Å²) in [4.78, 5) is 24.5. The summed E-state index contributed by atoms with van der Waals surface area (Å²) in [7, 11) is 0. The van der Waals surface area contributed by atoms with Gasteiger partial charge in [-0.15, -0.1) is 0 Å². The molecule has 0 saturated heterocycles. The maximum absolute atomic E-state index is 12.9. The SMILES string of the molecule is O=C(NC(=S)Nc1cccc(C(=O)Nc2ccccc2)c1)c1ccc(F)cc1. The molecule has 7 heteroatoms. The van der Waals surface area contributed by atoms with Crippen LogP contribution in [0.4, 0.5) is 15.8 Å². The highest BCUT2D eigenvalue weighted by molar-refractivity contribution is 7.80. The topological polar surface area (TPSA) is 70.2 Å². The molecule has 0 aliphatic heterocycles. The Labute approximate surface area is 166 Å². The molecular weight excluding hydrogens is 377 g/mol. The Morgan fingerprint density at radius 2 is 1.39 bits per heavy atom. The number of halogens is 1. The second-order valence-electron chi connectivity index (χ2n) is 5.82. The lowest BCUT2D eigenvalue weighted by molar-refractivity contribution is 0.0976. The van der Waals surface area contributed by atoms with Crippen LogP contribution in [0.15, 0.2) is 78.9 Å². The molecule has 0 unspecified atom stereocenters. The quantitative estimate of drug-likeness (QED) is 0.581. The van der Waals surface area contributed by atoms with Gasteiger partial charge in [0.15, 0.2) is 5.11 Å². The summed E-state index contributed by atoms with van der Waals surface area (Å²) < 4.78 is 12.9. The van der Waals surface area contributed by atoms with Gasteiger partial charge in [-0.2, -0.15) is 0 Å². The summed E-state index contributed by atoms with van der Waals surface area (Å²) in [5.74, 6) is -1.16. The van der Waals surface area contributed by atoms with Gasteiger partial charge in [0.1, 0.15) is 5.82 Å². The van der Waals surface area contributed by atoms with Crippen LogP contribution < -0.4 is 16.0 Å². The van der Waals surface area contributed by atoms with E-state index in [-0.39, 0.29) is 16.6 Å². The van der Waals surface area contributed by atoms with Crippen LogP contribution in [-0.4, -0.2) is 16.9 Å². The van der Waals surface area contributed by atoms with E-state index in [0.717, 1.165) is 0 Å². The Kier molecular flexibility index (Phi) is 6.08. The third-order valence-corrected chi connectivity index (χ3v) is 3.95. The highest BCUT2D eigenvalue weighted by Crippen LogP contribution is 2.13. The van der Waals surface area contributed by atoms with Gasteiger partial charge in [-0.3, -0.25) is 14.9 Å². The van der Waals surface area contributed by atoms with Gasteiger partial charge in [0, 0.05) is 22.5 Å². The average molecular weight is 393 g/mol. The number of benzene rings is 3. The minimum absolute atomic E-state index is 0.0648. The minimum atomic E-state index is -0.463. The highest BCUT2D eigenvalue weighted by atomic mass is 32.1. The van der Waals surface area contributed by atoms with E-state index in [1.54, 1.807) is 36.4 Å². The number of nitrogens with one attached hydrogen (secondary N) is 3. The zero-order valence-corrected chi connectivity index (χ0v) is 15.4. The molecule has 28 heavy (non-hydrogen) atoms. The van der Waals surface area contributed by atoms with Gasteiger partial charge in [0.05, 0.1) is 0 Å². The number of carbonyl (C=O) groups excluding carboxylic acids is 2. The van der Waals surface area contributed by atoms with E-state index in [0.29, 0.717) is 16.9 Å². The van der Waals surface area contributed by atoms with Crippen LogP contribution in [0.25, 0.3) is 0 Å². The number of thiocarbonyl (C=S) groups is 1. The number of carbonyl (C=O) groups is 2. The number of rotatable bonds is 4. The number of para-hydroxylation sites is 1. The molecule has 0 heterocycles. The molecule has 0 fully saturated rings. The first kappa shape index (κ1) is 19.2. The standard InChI is InChI=1S/C21H16FN3O2S/c22-16-11-9-14(10-12-16)19(26)25-21(28)24-18-8-4-5-15(13-18)20(27)23-17-6-2-1-3-7-17/h1-13H,(H,23,27)(H2,24,25,26,28). The number of hydrogen-bond acceptors (Lipinski definition) is 3. The minimum Gasteiger partial charge on any atom is -0.332 e. The van der Waals surface area contributed by atoms with Crippen molar-refractivity contribution in [3.8, 4) is 0 Å². The molecule has 0 aromatic heterocycles. The van der Waals surface area contributed by atoms with Crippen molar-refractivity contribution in [3.63, 3.8) is 0 Å². The van der Waals surface area contributed by atoms with Crippen LogP contribution >= 0.6 is 12.2 Å². The zero-order chi connectivity index (χ0) is 19.9. The van der Waals surface area contributed by atoms with E-state index >= 15 is 0 Å². The van der Waals surface area contributed by atoms with E-state index in [1.807, 2.05) is 18.2 Å². The summed E-state index contributed by atoms with van der Waals surface area (Å²) in [5, 5.41) is 8.23. The molecular formula is C21H16FN3O2S. The maximum atomic E-state index is 12.9. The number of anilines is 2. The van der Waals surface area contributed by atoms with Gasteiger partial charge in [0.2, 0.25) is 0 Å². The Hall–Kier alpha value is -3.58. The van der Waals surface area contributed by atoms with Crippen molar-refractivity contribution in [3.05, 3.63) is 95.8 Å². The fourth-order valence-corrected chi connectivity index (χ4v) is 2.61. The largest absolute Gasteiger partial charge is 0.332 e. The lowest BCUT2D eigenvalue weighted by Crippen LogP contribution is -2.34. The van der Waals surface area contributed by atoms with Gasteiger partial charge in [0.25, 0.3) is 11.8 Å². The van der Waals surface area contributed by atoms with E-state index in [2.05, 4.69) is 16.0 Å². The second kappa shape index (κ2) is 8.88. The van der Waals surface area contributed by atoms with Crippen molar-refractivity contribution in [2.75, 3.05) is 10.6 Å². The molecule has 3 aromatic carbocycles. The Balaban J connectivity index is 1.62. The smallest absolute Gasteiger partial charge is 0.257 e. The lowest BCUT2D eigenvalue weighted by atomic mass is 10.2. The predicted octanol–water partition coefficient (Wildman–Crippen LogP) is 4.20. The summed E-state index contributed by atoms with van der Waals surface area (Å²) in [6, 6.07) is 20.9. The van der Waals surface area contributed by atoms with Crippen LogP contribution in [0.5, 0.6) is 0 Å². The van der Waals surface area contributed by atoms with Crippen molar-refractivity contribution in [2.45, 2.75) is 0 Å². The van der Waals surface area contributed by atoms with E-state index < -0.39 is 11.7 Å². The molecule has 0 bridgehead atoms. The van der Waals surface area contributed by atoms with Crippen LogP contribution in [0.3, 0.4) is 0 Å². The molecule has 2 amide bonds. The molecule has 0 saturated carbocycles. The molecule has 140 valence electrons. The Bertz CT molecular complexity index is 1010. The van der Waals surface area contributed by atoms with Gasteiger partial charge in [-0.05, 0) is 66.8 Å². The summed E-state index contributed by atoms with van der Waals surface area (Å²) >= 11 is 5.13. The van der Waals surface area contributed by atoms with Crippen molar-refractivity contribution in [1.29, 1.82) is 0 Å². The van der Waals surface area contributed by atoms with Gasteiger partial charge in [-0.25, -0.2) is 4.39 Å². The van der Waals surface area contributed by atoms with Gasteiger partial charge < -0.3 is 10.6 Å². The third-order valence-electron chi connectivity index (χ3n) is 3.75. The van der Waals surface area contributed by atoms with Crippen molar-refractivity contribution < 1.29 is 14.0 Å². The van der Waals surface area contributed by atoms with E-state index in [1.165, 1.54) is 24.3 Å². The molecule has 0 spiro atoms. The third kappa shape index (κ3) is 5.21. The monoisotopic (exact) mass is 393 g/mol. The molecule has 0 atom stereocenters. The number of hydrogen-bond donors (Lipinski definition) is 3. The van der Waals surface area contributed by atoms with Crippen LogP contribution in [-0.2, 0) is 0 Å². The molecule has 0 radical (unpaired) electrons. The summed E-state index contributed by atoms with van der Waals surface area (Å²) in [5.41, 5.74) is 1.95. The molecule has 3 N–H and O–H groups in total. The van der Waals surface area contributed by atoms with E-state index in [4.69, 9.17) is 12.2 Å². The van der Waals surface area contributed by atoms with E-state index in [9.17, 15) is 14.0 Å². The van der Waals surface area contributed by atoms with Crippen molar-refractivity contribution >= 4 is 40.5 Å². The lowest BCUT2D eigenvalue weighted by Gasteiger charge is -2.11. The molecule has 3 aromatic rings. The van der Waals surface area contributed by atoms with Crippen LogP contribution in [0.1, 0.15) is 20.7 Å². The van der Waals surface area contributed by atoms with Crippen LogP contribution in [0, 0.1) is 5.82 Å². The Morgan fingerprint density at radius 1 is 0.714 bits per heavy atom. The first-order valence-electron chi connectivity index (χ1n) is 8.35. The normalized spacial score (nSPS) is 10.0. The molecule has 5 nitrogen and oxygen atoms in total. The second-order valence-corrected chi connectivity index (χ2v) is 6.22. The van der Waals surface area contributed by atoms with Crippen molar-refractivity contribution in [2.24, 2.45) is 0 Å². The molecule has 0 aliphatic rings. The zero-order valence-electron chi connectivity index (χ0n) is 14.6. The molecule has 0 aliphatic carbocycles. The first-order valence-corrected chi connectivity index (χ1v) is 8.76.